The van der Waals surface area contributed by atoms with E-state index in [1.54, 1.807) is 18.2 Å². The summed E-state index contributed by atoms with van der Waals surface area (Å²) in [4.78, 5) is 0.316. The van der Waals surface area contributed by atoms with Crippen molar-refractivity contribution in [3.8, 4) is 0 Å². The van der Waals surface area contributed by atoms with Crippen molar-refractivity contribution in [1.82, 2.24) is 10.0 Å². The summed E-state index contributed by atoms with van der Waals surface area (Å²) in [6.07, 6.45) is 2.99. The Kier molecular flexibility index (Phi) is 6.17. The molecule has 1 heterocycles. The van der Waals surface area contributed by atoms with Crippen LogP contribution in [0.15, 0.2) is 29.2 Å². The molecule has 0 amide bonds. The summed E-state index contributed by atoms with van der Waals surface area (Å²) in [6.45, 7) is 4.78. The molecule has 1 fully saturated rings. The van der Waals surface area contributed by atoms with E-state index < -0.39 is 10.0 Å². The van der Waals surface area contributed by atoms with Crippen LogP contribution >= 0.6 is 0 Å². The van der Waals surface area contributed by atoms with Crippen LogP contribution in [-0.2, 0) is 21.3 Å². The molecule has 6 heteroatoms. The van der Waals surface area contributed by atoms with Crippen LogP contribution in [0, 0.1) is 0 Å². The van der Waals surface area contributed by atoms with Crippen molar-refractivity contribution in [2.24, 2.45) is 0 Å². The molecular formula is C15H24N2O3S. The maximum atomic E-state index is 12.3. The lowest BCUT2D eigenvalue weighted by molar-refractivity contribution is 0.114. The number of sulfonamides is 1. The van der Waals surface area contributed by atoms with Crippen LogP contribution in [0.5, 0.6) is 0 Å². The highest BCUT2D eigenvalue weighted by atomic mass is 32.2. The van der Waals surface area contributed by atoms with E-state index >= 15 is 0 Å². The van der Waals surface area contributed by atoms with Crippen molar-refractivity contribution in [3.63, 3.8) is 0 Å². The molecule has 0 aromatic heterocycles. The van der Waals surface area contributed by atoms with Gasteiger partial charge in [0.05, 0.1) is 11.0 Å². The molecule has 21 heavy (non-hydrogen) atoms. The maximum Gasteiger partial charge on any atom is 0.240 e. The van der Waals surface area contributed by atoms with E-state index in [1.165, 1.54) is 0 Å². The second kappa shape index (κ2) is 7.89. The number of hydrogen-bond acceptors (Lipinski definition) is 4. The molecule has 2 N–H and O–H groups in total. The second-order valence-corrected chi connectivity index (χ2v) is 7.08. The van der Waals surface area contributed by atoms with Gasteiger partial charge >= 0.3 is 0 Å². The Balaban J connectivity index is 1.96. The van der Waals surface area contributed by atoms with Gasteiger partial charge in [0.2, 0.25) is 10.0 Å². The van der Waals surface area contributed by atoms with Gasteiger partial charge in [-0.15, -0.1) is 0 Å². The molecule has 118 valence electrons. The molecule has 0 saturated carbocycles. The van der Waals surface area contributed by atoms with Gasteiger partial charge in [0.25, 0.3) is 0 Å². The summed E-state index contributed by atoms with van der Waals surface area (Å²) in [5, 5.41) is 3.27. The minimum Gasteiger partial charge on any atom is -0.377 e. The van der Waals surface area contributed by atoms with E-state index in [1.807, 2.05) is 6.07 Å². The standard InChI is InChI=1S/C15H24N2O3S/c1-2-8-16-11-13-5-3-7-15(10-13)21(18,19)17-12-14-6-4-9-20-14/h3,5,7,10,14,16-17H,2,4,6,8-9,11-12H2,1H3. The van der Waals surface area contributed by atoms with E-state index in [-0.39, 0.29) is 6.10 Å². The molecule has 1 aromatic carbocycles. The molecule has 0 bridgehead atoms. The molecule has 0 spiro atoms. The summed E-state index contributed by atoms with van der Waals surface area (Å²) < 4.78 is 32.6. The van der Waals surface area contributed by atoms with Crippen LogP contribution in [0.3, 0.4) is 0 Å². The molecular weight excluding hydrogens is 288 g/mol. The van der Waals surface area contributed by atoms with E-state index in [9.17, 15) is 8.42 Å². The van der Waals surface area contributed by atoms with E-state index in [0.29, 0.717) is 18.0 Å². The Morgan fingerprint density at radius 3 is 2.95 bits per heavy atom. The Morgan fingerprint density at radius 2 is 2.24 bits per heavy atom. The smallest absolute Gasteiger partial charge is 0.240 e. The molecule has 1 aromatic rings. The molecule has 1 unspecified atom stereocenters. The molecule has 1 atom stereocenters. The van der Waals surface area contributed by atoms with Crippen molar-refractivity contribution in [2.45, 2.75) is 43.7 Å². The lowest BCUT2D eigenvalue weighted by atomic mass is 10.2. The summed E-state index contributed by atoms with van der Waals surface area (Å²) in [5.41, 5.74) is 0.975. The van der Waals surface area contributed by atoms with E-state index in [4.69, 9.17) is 4.74 Å². The highest BCUT2D eigenvalue weighted by molar-refractivity contribution is 7.89. The third-order valence-corrected chi connectivity index (χ3v) is 4.91. The predicted octanol–water partition coefficient (Wildman–Crippen LogP) is 1.64. The summed E-state index contributed by atoms with van der Waals surface area (Å²) in [7, 11) is -3.46. The van der Waals surface area contributed by atoms with Crippen LogP contribution in [0.1, 0.15) is 31.7 Å². The lowest BCUT2D eigenvalue weighted by Crippen LogP contribution is -2.31. The Labute approximate surface area is 127 Å². The molecule has 1 saturated heterocycles. The fourth-order valence-corrected chi connectivity index (χ4v) is 3.46. The van der Waals surface area contributed by atoms with Gasteiger partial charge in [-0.3, -0.25) is 0 Å². The highest BCUT2D eigenvalue weighted by Gasteiger charge is 2.20. The van der Waals surface area contributed by atoms with Gasteiger partial charge in [0, 0.05) is 19.7 Å². The Morgan fingerprint density at radius 1 is 1.38 bits per heavy atom. The third-order valence-electron chi connectivity index (χ3n) is 3.49. The first-order chi connectivity index (χ1) is 10.1. The topological polar surface area (TPSA) is 67.4 Å². The maximum absolute atomic E-state index is 12.3. The minimum absolute atomic E-state index is 0.00850. The van der Waals surface area contributed by atoms with Crippen molar-refractivity contribution in [1.29, 1.82) is 0 Å². The quantitative estimate of drug-likeness (QED) is 0.716. The number of benzene rings is 1. The first kappa shape index (κ1) is 16.4. The lowest BCUT2D eigenvalue weighted by Gasteiger charge is -2.12. The molecule has 1 aliphatic heterocycles. The monoisotopic (exact) mass is 312 g/mol. The van der Waals surface area contributed by atoms with E-state index in [2.05, 4.69) is 17.0 Å². The number of hydrogen-bond donors (Lipinski definition) is 2. The summed E-state index contributed by atoms with van der Waals surface area (Å²) in [6, 6.07) is 7.06. The van der Waals surface area contributed by atoms with Crippen LogP contribution in [0.2, 0.25) is 0 Å². The Bertz CT molecular complexity index is 540. The van der Waals surface area contributed by atoms with Gasteiger partial charge in [-0.05, 0) is 43.5 Å². The molecule has 0 aliphatic carbocycles. The zero-order valence-corrected chi connectivity index (χ0v) is 13.3. The average molecular weight is 312 g/mol. The largest absolute Gasteiger partial charge is 0.377 e. The first-order valence-corrected chi connectivity index (χ1v) is 9.01. The fraction of sp³-hybridized carbons (Fsp3) is 0.600. The van der Waals surface area contributed by atoms with Crippen LogP contribution in [0.4, 0.5) is 0 Å². The zero-order valence-electron chi connectivity index (χ0n) is 12.5. The number of rotatable bonds is 8. The van der Waals surface area contributed by atoms with E-state index in [0.717, 1.165) is 38.0 Å². The molecule has 1 aliphatic rings. The molecule has 0 radical (unpaired) electrons. The van der Waals surface area contributed by atoms with Crippen molar-refractivity contribution < 1.29 is 13.2 Å². The SMILES string of the molecule is CCCNCc1cccc(S(=O)(=O)NCC2CCCO2)c1. The van der Waals surface area contributed by atoms with Gasteiger partial charge in [-0.25, -0.2) is 13.1 Å². The van der Waals surface area contributed by atoms with Crippen molar-refractivity contribution in [3.05, 3.63) is 29.8 Å². The number of nitrogens with one attached hydrogen (secondary N) is 2. The highest BCUT2D eigenvalue weighted by Crippen LogP contribution is 2.14. The van der Waals surface area contributed by atoms with Crippen molar-refractivity contribution in [2.75, 3.05) is 19.7 Å². The summed E-state index contributed by atoms with van der Waals surface area (Å²) >= 11 is 0. The van der Waals surface area contributed by atoms with Crippen LogP contribution in [0.25, 0.3) is 0 Å². The third kappa shape index (κ3) is 5.07. The summed E-state index contributed by atoms with van der Waals surface area (Å²) in [5.74, 6) is 0. The van der Waals surface area contributed by atoms with Crippen molar-refractivity contribution >= 4 is 10.0 Å². The zero-order chi connectivity index (χ0) is 15.1. The Hall–Kier alpha value is -0.950. The van der Waals surface area contributed by atoms with Gasteiger partial charge in [0.15, 0.2) is 0 Å². The van der Waals surface area contributed by atoms with Crippen LogP contribution < -0.4 is 10.0 Å². The second-order valence-electron chi connectivity index (χ2n) is 5.31. The number of ether oxygens (including phenoxy) is 1. The molecule has 2 rings (SSSR count). The first-order valence-electron chi connectivity index (χ1n) is 7.53. The normalized spacial score (nSPS) is 19.0. The predicted molar refractivity (Wildman–Crippen MR) is 82.6 cm³/mol. The fourth-order valence-electron chi connectivity index (χ4n) is 2.32. The van der Waals surface area contributed by atoms with Gasteiger partial charge in [0.1, 0.15) is 0 Å². The van der Waals surface area contributed by atoms with Gasteiger partial charge in [-0.2, -0.15) is 0 Å². The molecule has 5 nitrogen and oxygen atoms in total. The van der Waals surface area contributed by atoms with Crippen LogP contribution in [-0.4, -0.2) is 34.2 Å². The minimum atomic E-state index is -3.46. The average Bonchev–Trinajstić information content (AvgIpc) is 2.99. The van der Waals surface area contributed by atoms with Gasteiger partial charge < -0.3 is 10.1 Å². The van der Waals surface area contributed by atoms with Gasteiger partial charge in [-0.1, -0.05) is 19.1 Å².